The third-order valence-electron chi connectivity index (χ3n) is 4.05. The SMILES string of the molecule is CCC1COCCN1CC(C)C(N)c1ccc(F)cn1. The summed E-state index contributed by atoms with van der Waals surface area (Å²) in [5, 5.41) is 0. The van der Waals surface area contributed by atoms with E-state index in [4.69, 9.17) is 10.5 Å². The Morgan fingerprint density at radius 1 is 1.55 bits per heavy atom. The number of pyridine rings is 1. The molecule has 0 aliphatic carbocycles. The fourth-order valence-electron chi connectivity index (χ4n) is 2.66. The van der Waals surface area contributed by atoms with Crippen molar-refractivity contribution in [3.63, 3.8) is 0 Å². The third-order valence-corrected chi connectivity index (χ3v) is 4.05. The van der Waals surface area contributed by atoms with Gasteiger partial charge in [0.25, 0.3) is 0 Å². The zero-order chi connectivity index (χ0) is 14.5. The van der Waals surface area contributed by atoms with Gasteiger partial charge in [-0.3, -0.25) is 9.88 Å². The zero-order valence-electron chi connectivity index (χ0n) is 12.3. The lowest BCUT2D eigenvalue weighted by atomic mass is 9.97. The van der Waals surface area contributed by atoms with Gasteiger partial charge in [0.05, 0.1) is 31.1 Å². The standard InChI is InChI=1S/C15H24FN3O/c1-3-13-10-20-7-6-19(13)9-11(2)15(17)14-5-4-12(16)8-18-14/h4-5,8,11,13,15H,3,6-7,9-10,17H2,1-2H3. The molecule has 0 bridgehead atoms. The van der Waals surface area contributed by atoms with Gasteiger partial charge in [-0.15, -0.1) is 0 Å². The van der Waals surface area contributed by atoms with Gasteiger partial charge in [0, 0.05) is 19.1 Å². The number of nitrogens with two attached hydrogens (primary N) is 1. The summed E-state index contributed by atoms with van der Waals surface area (Å²) in [5.74, 6) is -0.0621. The lowest BCUT2D eigenvalue weighted by molar-refractivity contribution is -0.0159. The van der Waals surface area contributed by atoms with Gasteiger partial charge in [0.2, 0.25) is 0 Å². The molecule has 4 nitrogen and oxygen atoms in total. The summed E-state index contributed by atoms with van der Waals surface area (Å²) in [5.41, 5.74) is 7.00. The first-order valence-electron chi connectivity index (χ1n) is 7.30. The lowest BCUT2D eigenvalue weighted by Gasteiger charge is -2.37. The van der Waals surface area contributed by atoms with Crippen LogP contribution >= 0.6 is 0 Å². The van der Waals surface area contributed by atoms with Crippen LogP contribution in [0.15, 0.2) is 18.3 Å². The third kappa shape index (κ3) is 3.75. The van der Waals surface area contributed by atoms with Crippen molar-refractivity contribution in [3.05, 3.63) is 29.8 Å². The average molecular weight is 281 g/mol. The van der Waals surface area contributed by atoms with Crippen molar-refractivity contribution in [2.75, 3.05) is 26.3 Å². The van der Waals surface area contributed by atoms with Crippen molar-refractivity contribution in [2.45, 2.75) is 32.4 Å². The maximum absolute atomic E-state index is 12.9. The van der Waals surface area contributed by atoms with E-state index in [1.54, 1.807) is 6.07 Å². The quantitative estimate of drug-likeness (QED) is 0.896. The smallest absolute Gasteiger partial charge is 0.141 e. The molecule has 2 rings (SSSR count). The van der Waals surface area contributed by atoms with Crippen LogP contribution in [0.2, 0.25) is 0 Å². The van der Waals surface area contributed by atoms with E-state index in [1.807, 2.05) is 0 Å². The summed E-state index contributed by atoms with van der Waals surface area (Å²) in [4.78, 5) is 6.53. The van der Waals surface area contributed by atoms with Gasteiger partial charge in [0.15, 0.2) is 0 Å². The molecule has 0 saturated carbocycles. The van der Waals surface area contributed by atoms with Gasteiger partial charge in [-0.05, 0) is 24.5 Å². The molecule has 1 aliphatic rings. The van der Waals surface area contributed by atoms with E-state index in [-0.39, 0.29) is 17.8 Å². The molecule has 0 amide bonds. The molecule has 1 fully saturated rings. The molecule has 1 aliphatic heterocycles. The summed E-state index contributed by atoms with van der Waals surface area (Å²) >= 11 is 0. The van der Waals surface area contributed by atoms with Crippen LogP contribution in [0.5, 0.6) is 0 Å². The number of aromatic nitrogens is 1. The van der Waals surface area contributed by atoms with Crippen molar-refractivity contribution in [1.29, 1.82) is 0 Å². The van der Waals surface area contributed by atoms with E-state index >= 15 is 0 Å². The minimum Gasteiger partial charge on any atom is -0.378 e. The summed E-state index contributed by atoms with van der Waals surface area (Å²) in [6, 6.07) is 3.39. The van der Waals surface area contributed by atoms with Crippen LogP contribution in [-0.4, -0.2) is 42.2 Å². The van der Waals surface area contributed by atoms with Crippen LogP contribution in [0, 0.1) is 11.7 Å². The van der Waals surface area contributed by atoms with E-state index in [0.717, 1.165) is 38.4 Å². The highest BCUT2D eigenvalue weighted by Crippen LogP contribution is 2.21. The number of halogens is 1. The highest BCUT2D eigenvalue weighted by molar-refractivity contribution is 5.10. The van der Waals surface area contributed by atoms with Gasteiger partial charge in [0.1, 0.15) is 5.82 Å². The minimum atomic E-state index is -0.326. The summed E-state index contributed by atoms with van der Waals surface area (Å²) < 4.78 is 18.4. The molecule has 1 aromatic heterocycles. The van der Waals surface area contributed by atoms with Crippen LogP contribution < -0.4 is 5.73 Å². The molecular weight excluding hydrogens is 257 g/mol. The maximum atomic E-state index is 12.9. The fourth-order valence-corrected chi connectivity index (χ4v) is 2.66. The molecule has 0 radical (unpaired) electrons. The second-order valence-corrected chi connectivity index (χ2v) is 5.54. The first-order valence-corrected chi connectivity index (χ1v) is 7.30. The van der Waals surface area contributed by atoms with E-state index in [9.17, 15) is 4.39 Å². The number of morpholine rings is 1. The van der Waals surface area contributed by atoms with Crippen LogP contribution in [0.3, 0.4) is 0 Å². The van der Waals surface area contributed by atoms with Crippen molar-refractivity contribution in [3.8, 4) is 0 Å². The van der Waals surface area contributed by atoms with Gasteiger partial charge in [-0.25, -0.2) is 4.39 Å². The van der Waals surface area contributed by atoms with E-state index < -0.39 is 0 Å². The van der Waals surface area contributed by atoms with Gasteiger partial charge in [-0.1, -0.05) is 13.8 Å². The van der Waals surface area contributed by atoms with Crippen molar-refractivity contribution >= 4 is 0 Å². The average Bonchev–Trinajstić information content (AvgIpc) is 2.48. The maximum Gasteiger partial charge on any atom is 0.141 e. The van der Waals surface area contributed by atoms with Gasteiger partial charge < -0.3 is 10.5 Å². The Hall–Kier alpha value is -1.04. The molecule has 0 aromatic carbocycles. The Morgan fingerprint density at radius 3 is 3.00 bits per heavy atom. The Balaban J connectivity index is 1.96. The topological polar surface area (TPSA) is 51.4 Å². The molecule has 2 N–H and O–H groups in total. The largest absolute Gasteiger partial charge is 0.378 e. The van der Waals surface area contributed by atoms with Crippen molar-refractivity contribution < 1.29 is 9.13 Å². The Labute approximate surface area is 120 Å². The predicted octanol–water partition coefficient (Wildman–Crippen LogP) is 1.97. The molecular formula is C15H24FN3O. The Kier molecular flexibility index (Phi) is 5.46. The van der Waals surface area contributed by atoms with Crippen molar-refractivity contribution in [1.82, 2.24) is 9.88 Å². The Bertz CT molecular complexity index is 412. The summed E-state index contributed by atoms with van der Waals surface area (Å²) in [6.07, 6.45) is 2.31. The van der Waals surface area contributed by atoms with E-state index in [1.165, 1.54) is 12.3 Å². The van der Waals surface area contributed by atoms with Crippen LogP contribution in [0.25, 0.3) is 0 Å². The fraction of sp³-hybridized carbons (Fsp3) is 0.667. The number of rotatable bonds is 5. The number of ether oxygens (including phenoxy) is 1. The highest BCUT2D eigenvalue weighted by atomic mass is 19.1. The summed E-state index contributed by atoms with van der Waals surface area (Å²) in [6.45, 7) is 7.76. The zero-order valence-corrected chi connectivity index (χ0v) is 12.3. The monoisotopic (exact) mass is 281 g/mol. The minimum absolute atomic E-state index is 0.170. The van der Waals surface area contributed by atoms with Gasteiger partial charge in [-0.2, -0.15) is 0 Å². The lowest BCUT2D eigenvalue weighted by Crippen LogP contribution is -2.47. The van der Waals surface area contributed by atoms with Crippen LogP contribution in [0.1, 0.15) is 32.0 Å². The summed E-state index contributed by atoms with van der Waals surface area (Å²) in [7, 11) is 0. The van der Waals surface area contributed by atoms with Crippen LogP contribution in [-0.2, 0) is 4.74 Å². The second kappa shape index (κ2) is 7.11. The van der Waals surface area contributed by atoms with Crippen LogP contribution in [0.4, 0.5) is 4.39 Å². The normalized spacial score (nSPS) is 23.5. The van der Waals surface area contributed by atoms with E-state index in [0.29, 0.717) is 6.04 Å². The second-order valence-electron chi connectivity index (χ2n) is 5.54. The molecule has 5 heteroatoms. The van der Waals surface area contributed by atoms with Gasteiger partial charge >= 0.3 is 0 Å². The molecule has 2 heterocycles. The molecule has 112 valence electrons. The molecule has 20 heavy (non-hydrogen) atoms. The molecule has 0 spiro atoms. The number of hydrogen-bond donors (Lipinski definition) is 1. The first kappa shape index (κ1) is 15.4. The molecule has 3 atom stereocenters. The number of hydrogen-bond acceptors (Lipinski definition) is 4. The molecule has 1 saturated heterocycles. The Morgan fingerprint density at radius 2 is 2.35 bits per heavy atom. The highest BCUT2D eigenvalue weighted by Gasteiger charge is 2.25. The number of nitrogens with zero attached hydrogens (tertiary/aromatic N) is 2. The first-order chi connectivity index (χ1) is 9.61. The molecule has 1 aromatic rings. The molecule has 3 unspecified atom stereocenters. The van der Waals surface area contributed by atoms with E-state index in [2.05, 4.69) is 23.7 Å². The van der Waals surface area contributed by atoms with Crippen molar-refractivity contribution in [2.24, 2.45) is 11.7 Å². The predicted molar refractivity (Wildman–Crippen MR) is 76.8 cm³/mol.